The number of hydrogen-bond donors (Lipinski definition) is 1. The van der Waals surface area contributed by atoms with Gasteiger partial charge in [0, 0.05) is 11.6 Å². The number of nitrogens with zero attached hydrogens (tertiary/aromatic N) is 3. The monoisotopic (exact) mass is 360 g/mol. The molecular formula is C16H13FN4O3S. The van der Waals surface area contributed by atoms with Crippen molar-refractivity contribution in [1.29, 1.82) is 0 Å². The summed E-state index contributed by atoms with van der Waals surface area (Å²) < 4.78 is 15.1. The van der Waals surface area contributed by atoms with Crippen LogP contribution >= 0.6 is 11.3 Å². The molecule has 0 radical (unpaired) electrons. The Kier molecular flexibility index (Phi) is 4.32. The standard InChI is InChI=1S/C16H13FN4O3S/c1-9-19-11(8-25-9)6-20-7-13(14(18)22)15(23)21(16(20)24)12-4-2-10(17)3-5-12/h2-5,7-8H,6H2,1H3,(H2,18,22). The van der Waals surface area contributed by atoms with Crippen LogP contribution < -0.4 is 17.0 Å². The molecular weight excluding hydrogens is 347 g/mol. The molecule has 2 aromatic heterocycles. The number of primary amides is 1. The topological polar surface area (TPSA) is 100.0 Å². The highest BCUT2D eigenvalue weighted by Gasteiger charge is 2.17. The van der Waals surface area contributed by atoms with Crippen molar-refractivity contribution in [2.45, 2.75) is 13.5 Å². The lowest BCUT2D eigenvalue weighted by Gasteiger charge is -2.11. The van der Waals surface area contributed by atoms with Gasteiger partial charge in [-0.2, -0.15) is 0 Å². The summed E-state index contributed by atoms with van der Waals surface area (Å²) in [7, 11) is 0. The van der Waals surface area contributed by atoms with E-state index in [1.54, 1.807) is 5.38 Å². The summed E-state index contributed by atoms with van der Waals surface area (Å²) in [6.45, 7) is 1.90. The molecule has 1 aromatic carbocycles. The SMILES string of the molecule is Cc1nc(Cn2cc(C(N)=O)c(=O)n(-c3ccc(F)cc3)c2=O)cs1. The van der Waals surface area contributed by atoms with E-state index in [9.17, 15) is 18.8 Å². The zero-order chi connectivity index (χ0) is 18.1. The number of rotatable bonds is 4. The predicted molar refractivity (Wildman–Crippen MR) is 90.7 cm³/mol. The maximum Gasteiger partial charge on any atom is 0.336 e. The van der Waals surface area contributed by atoms with E-state index in [2.05, 4.69) is 4.98 Å². The van der Waals surface area contributed by atoms with E-state index in [-0.39, 0.29) is 17.8 Å². The minimum absolute atomic E-state index is 0.0743. The molecule has 2 heterocycles. The summed E-state index contributed by atoms with van der Waals surface area (Å²) >= 11 is 1.42. The van der Waals surface area contributed by atoms with E-state index in [1.807, 2.05) is 6.92 Å². The number of carbonyl (C=O) groups excluding carboxylic acids is 1. The zero-order valence-electron chi connectivity index (χ0n) is 13.1. The third-order valence-electron chi connectivity index (χ3n) is 3.50. The maximum absolute atomic E-state index is 13.1. The molecule has 0 saturated carbocycles. The summed E-state index contributed by atoms with van der Waals surface area (Å²) in [5.74, 6) is -1.47. The molecule has 7 nitrogen and oxygen atoms in total. The van der Waals surface area contributed by atoms with Crippen LogP contribution in [0, 0.1) is 12.7 Å². The number of aryl methyl sites for hydroxylation is 1. The van der Waals surface area contributed by atoms with Crippen molar-refractivity contribution in [1.82, 2.24) is 14.1 Å². The van der Waals surface area contributed by atoms with Crippen LogP contribution in [0.3, 0.4) is 0 Å². The third-order valence-corrected chi connectivity index (χ3v) is 4.33. The van der Waals surface area contributed by atoms with E-state index >= 15 is 0 Å². The van der Waals surface area contributed by atoms with Crippen LogP contribution in [-0.2, 0) is 6.54 Å². The number of benzene rings is 1. The number of thiazole rings is 1. The van der Waals surface area contributed by atoms with Gasteiger partial charge in [-0.3, -0.25) is 14.2 Å². The van der Waals surface area contributed by atoms with Crippen molar-refractivity contribution in [3.63, 3.8) is 0 Å². The molecule has 0 aliphatic rings. The molecule has 0 aliphatic heterocycles. The Balaban J connectivity index is 2.22. The number of carbonyl (C=O) groups is 1. The van der Waals surface area contributed by atoms with Crippen molar-refractivity contribution in [3.05, 3.63) is 78.8 Å². The number of nitrogens with two attached hydrogens (primary N) is 1. The van der Waals surface area contributed by atoms with Gasteiger partial charge in [0.1, 0.15) is 11.4 Å². The Morgan fingerprint density at radius 3 is 2.52 bits per heavy atom. The highest BCUT2D eigenvalue weighted by molar-refractivity contribution is 7.09. The van der Waals surface area contributed by atoms with E-state index in [4.69, 9.17) is 5.73 Å². The van der Waals surface area contributed by atoms with Crippen LogP contribution in [-0.4, -0.2) is 20.0 Å². The second kappa shape index (κ2) is 6.44. The summed E-state index contributed by atoms with van der Waals surface area (Å²) in [6.07, 6.45) is 1.13. The van der Waals surface area contributed by atoms with Gasteiger partial charge in [-0.15, -0.1) is 11.3 Å². The molecule has 3 aromatic rings. The molecule has 0 atom stereocenters. The fourth-order valence-electron chi connectivity index (χ4n) is 2.36. The van der Waals surface area contributed by atoms with Crippen molar-refractivity contribution < 1.29 is 9.18 Å². The maximum atomic E-state index is 13.1. The minimum Gasteiger partial charge on any atom is -0.365 e. The number of amides is 1. The average molecular weight is 360 g/mol. The van der Waals surface area contributed by atoms with E-state index in [1.165, 1.54) is 28.0 Å². The number of hydrogen-bond acceptors (Lipinski definition) is 5. The van der Waals surface area contributed by atoms with Gasteiger partial charge in [0.05, 0.1) is 22.9 Å². The molecule has 9 heteroatoms. The third kappa shape index (κ3) is 3.26. The van der Waals surface area contributed by atoms with Crippen LogP contribution in [0.1, 0.15) is 21.1 Å². The molecule has 25 heavy (non-hydrogen) atoms. The summed E-state index contributed by atoms with van der Waals surface area (Å²) in [4.78, 5) is 41.0. The van der Waals surface area contributed by atoms with Crippen LogP contribution in [0.25, 0.3) is 5.69 Å². The predicted octanol–water partition coefficient (Wildman–Crippen LogP) is 1.05. The lowest BCUT2D eigenvalue weighted by Crippen LogP contribution is -2.42. The molecule has 0 saturated heterocycles. The van der Waals surface area contributed by atoms with Crippen molar-refractivity contribution >= 4 is 17.2 Å². The molecule has 1 amide bonds. The van der Waals surface area contributed by atoms with Gasteiger partial charge >= 0.3 is 5.69 Å². The Morgan fingerprint density at radius 1 is 1.28 bits per heavy atom. The quantitative estimate of drug-likeness (QED) is 0.751. The van der Waals surface area contributed by atoms with Gasteiger partial charge in [-0.1, -0.05) is 0 Å². The van der Waals surface area contributed by atoms with Crippen molar-refractivity contribution in [2.75, 3.05) is 0 Å². The molecule has 128 valence electrons. The second-order valence-corrected chi connectivity index (χ2v) is 6.35. The Bertz CT molecular complexity index is 1070. The van der Waals surface area contributed by atoms with Gasteiger partial charge in [-0.05, 0) is 31.2 Å². The highest BCUT2D eigenvalue weighted by atomic mass is 32.1. The number of aromatic nitrogens is 3. The first-order valence-electron chi connectivity index (χ1n) is 7.20. The molecule has 0 unspecified atom stereocenters. The van der Waals surface area contributed by atoms with Gasteiger partial charge in [0.2, 0.25) is 0 Å². The summed E-state index contributed by atoms with van der Waals surface area (Å²) in [6, 6.07) is 4.79. The molecule has 0 aliphatic carbocycles. The van der Waals surface area contributed by atoms with E-state index < -0.39 is 23.0 Å². The van der Waals surface area contributed by atoms with E-state index in [0.29, 0.717) is 5.69 Å². The van der Waals surface area contributed by atoms with Crippen molar-refractivity contribution in [3.8, 4) is 5.69 Å². The molecule has 0 bridgehead atoms. The largest absolute Gasteiger partial charge is 0.365 e. The molecule has 0 spiro atoms. The summed E-state index contributed by atoms with van der Waals surface area (Å²) in [5, 5.41) is 2.60. The molecule has 2 N–H and O–H groups in total. The minimum atomic E-state index is -0.955. The van der Waals surface area contributed by atoms with Crippen LogP contribution in [0.15, 0.2) is 45.4 Å². The van der Waals surface area contributed by atoms with Gasteiger partial charge < -0.3 is 5.73 Å². The van der Waals surface area contributed by atoms with Crippen LogP contribution in [0.5, 0.6) is 0 Å². The lowest BCUT2D eigenvalue weighted by atomic mass is 10.2. The molecule has 3 rings (SSSR count). The molecule has 0 fully saturated rings. The average Bonchev–Trinajstić information content (AvgIpc) is 2.96. The Morgan fingerprint density at radius 2 is 1.96 bits per heavy atom. The smallest absolute Gasteiger partial charge is 0.336 e. The van der Waals surface area contributed by atoms with Crippen LogP contribution in [0.2, 0.25) is 0 Å². The van der Waals surface area contributed by atoms with E-state index in [0.717, 1.165) is 27.9 Å². The van der Waals surface area contributed by atoms with Gasteiger partial charge in [0.25, 0.3) is 11.5 Å². The summed E-state index contributed by atoms with van der Waals surface area (Å²) in [5.41, 5.74) is 4.15. The first-order valence-corrected chi connectivity index (χ1v) is 8.08. The first kappa shape index (κ1) is 16.8. The fraction of sp³-hybridized carbons (Fsp3) is 0.125. The van der Waals surface area contributed by atoms with Crippen LogP contribution in [0.4, 0.5) is 4.39 Å². The lowest BCUT2D eigenvalue weighted by molar-refractivity contribution is 0.0997. The number of halogens is 1. The van der Waals surface area contributed by atoms with Gasteiger partial charge in [0.15, 0.2) is 0 Å². The second-order valence-electron chi connectivity index (χ2n) is 5.29. The fourth-order valence-corrected chi connectivity index (χ4v) is 2.96. The zero-order valence-corrected chi connectivity index (χ0v) is 13.9. The highest BCUT2D eigenvalue weighted by Crippen LogP contribution is 2.09. The van der Waals surface area contributed by atoms with Crippen molar-refractivity contribution in [2.24, 2.45) is 5.73 Å². The first-order chi connectivity index (χ1) is 11.9. The van der Waals surface area contributed by atoms with Gasteiger partial charge in [-0.25, -0.2) is 18.7 Å². The Labute approximate surface area is 144 Å². The Hall–Kier alpha value is -3.07. The normalized spacial score (nSPS) is 10.8.